The molecule has 1 aliphatic rings. The maximum Gasteiger partial charge on any atom is 0.245 e. The molecule has 0 bridgehead atoms. The number of rotatable bonds is 3. The number of halogens is 1. The van der Waals surface area contributed by atoms with E-state index in [9.17, 15) is 4.79 Å². The highest BCUT2D eigenvalue weighted by Crippen LogP contribution is 2.22. The number of nitrogens with one attached hydrogen (secondary N) is 2. The molecule has 1 aromatic heterocycles. The van der Waals surface area contributed by atoms with Crippen LogP contribution in [0.4, 0.5) is 5.13 Å². The number of thiazole rings is 1. The molecule has 0 saturated carbocycles. The molecule has 0 spiro atoms. The molecule has 2 N–H and O–H groups in total. The number of morpholine rings is 1. The molecule has 1 aliphatic heterocycles. The van der Waals surface area contributed by atoms with E-state index in [0.717, 1.165) is 23.5 Å². The lowest BCUT2D eigenvalue weighted by Crippen LogP contribution is -2.48. The average molecular weight is 292 g/mol. The predicted octanol–water partition coefficient (Wildman–Crippen LogP) is 1.36. The topological polar surface area (TPSA) is 63.2 Å². The van der Waals surface area contributed by atoms with Gasteiger partial charge in [-0.2, -0.15) is 0 Å². The summed E-state index contributed by atoms with van der Waals surface area (Å²) in [6.45, 7) is 5.89. The molecule has 1 unspecified atom stereocenters. The Hall–Kier alpha value is -0.690. The summed E-state index contributed by atoms with van der Waals surface area (Å²) in [7, 11) is 0. The molecule has 1 fully saturated rings. The standard InChI is InChI=1S/C11H17N3O2S.ClH/c1-3-8-7(2)17-11(13-8)14-10(15)9-6-16-5-4-12-9;/h9,12H,3-6H2,1-2H3,(H,13,14,15);1H. The Kier molecular flexibility index (Phi) is 6.01. The molecule has 5 nitrogen and oxygen atoms in total. The van der Waals surface area contributed by atoms with Crippen LogP contribution in [0.1, 0.15) is 17.5 Å². The molecule has 1 aromatic rings. The van der Waals surface area contributed by atoms with Gasteiger partial charge in [0.1, 0.15) is 6.04 Å². The van der Waals surface area contributed by atoms with Crippen LogP contribution in [0.25, 0.3) is 0 Å². The zero-order valence-electron chi connectivity index (χ0n) is 10.5. The first-order chi connectivity index (χ1) is 8.20. The molecule has 2 rings (SSSR count). The Morgan fingerprint density at radius 1 is 1.67 bits per heavy atom. The summed E-state index contributed by atoms with van der Waals surface area (Å²) >= 11 is 1.52. The van der Waals surface area contributed by atoms with E-state index >= 15 is 0 Å². The highest BCUT2D eigenvalue weighted by Gasteiger charge is 2.22. The molecule has 1 amide bonds. The Labute approximate surface area is 117 Å². The number of hydrogen-bond acceptors (Lipinski definition) is 5. The van der Waals surface area contributed by atoms with Crippen LogP contribution in [-0.2, 0) is 16.0 Å². The van der Waals surface area contributed by atoms with E-state index in [2.05, 4.69) is 22.5 Å². The number of nitrogens with zero attached hydrogens (tertiary/aromatic N) is 1. The van der Waals surface area contributed by atoms with Gasteiger partial charge in [0, 0.05) is 11.4 Å². The van der Waals surface area contributed by atoms with E-state index in [1.54, 1.807) is 0 Å². The quantitative estimate of drug-likeness (QED) is 0.883. The van der Waals surface area contributed by atoms with Crippen molar-refractivity contribution in [2.75, 3.05) is 25.1 Å². The molecule has 18 heavy (non-hydrogen) atoms. The molecule has 0 aromatic carbocycles. The second kappa shape index (κ2) is 7.04. The molecular weight excluding hydrogens is 274 g/mol. The minimum atomic E-state index is -0.266. The van der Waals surface area contributed by atoms with Crippen LogP contribution in [-0.4, -0.2) is 36.7 Å². The molecule has 0 aliphatic carbocycles. The lowest BCUT2D eigenvalue weighted by atomic mass is 10.2. The fourth-order valence-corrected chi connectivity index (χ4v) is 2.64. The fourth-order valence-electron chi connectivity index (χ4n) is 1.74. The highest BCUT2D eigenvalue weighted by molar-refractivity contribution is 7.15. The Morgan fingerprint density at radius 2 is 2.44 bits per heavy atom. The fraction of sp³-hybridized carbons (Fsp3) is 0.636. The summed E-state index contributed by atoms with van der Waals surface area (Å²) in [5.74, 6) is -0.0684. The van der Waals surface area contributed by atoms with E-state index in [4.69, 9.17) is 4.74 Å². The number of aromatic nitrogens is 1. The lowest BCUT2D eigenvalue weighted by Gasteiger charge is -2.22. The van der Waals surface area contributed by atoms with Crippen LogP contribution in [0.5, 0.6) is 0 Å². The molecule has 1 saturated heterocycles. The Morgan fingerprint density at radius 3 is 3.00 bits per heavy atom. The third kappa shape index (κ3) is 3.65. The third-order valence-electron chi connectivity index (χ3n) is 2.70. The van der Waals surface area contributed by atoms with Gasteiger partial charge < -0.3 is 15.4 Å². The molecule has 0 radical (unpaired) electrons. The summed E-state index contributed by atoms with van der Waals surface area (Å²) in [6.07, 6.45) is 0.892. The molecule has 7 heteroatoms. The second-order valence-electron chi connectivity index (χ2n) is 3.95. The van der Waals surface area contributed by atoms with Crippen molar-refractivity contribution in [1.82, 2.24) is 10.3 Å². The van der Waals surface area contributed by atoms with Crippen molar-refractivity contribution in [2.45, 2.75) is 26.3 Å². The van der Waals surface area contributed by atoms with E-state index in [1.807, 2.05) is 6.92 Å². The number of ether oxygens (including phenoxy) is 1. The minimum absolute atomic E-state index is 0. The van der Waals surface area contributed by atoms with E-state index in [-0.39, 0.29) is 24.4 Å². The van der Waals surface area contributed by atoms with Crippen LogP contribution in [0.2, 0.25) is 0 Å². The van der Waals surface area contributed by atoms with Crippen molar-refractivity contribution in [2.24, 2.45) is 0 Å². The van der Waals surface area contributed by atoms with Crippen molar-refractivity contribution >= 4 is 34.8 Å². The number of aryl methyl sites for hydroxylation is 2. The number of carbonyl (C=O) groups is 1. The molecule has 1 atom stereocenters. The first kappa shape index (κ1) is 15.4. The number of amides is 1. The van der Waals surface area contributed by atoms with Crippen LogP contribution in [0.15, 0.2) is 0 Å². The Bertz CT molecular complexity index is 405. The second-order valence-corrected chi connectivity index (χ2v) is 5.15. The summed E-state index contributed by atoms with van der Waals surface area (Å²) < 4.78 is 5.25. The largest absolute Gasteiger partial charge is 0.378 e. The smallest absolute Gasteiger partial charge is 0.245 e. The van der Waals surface area contributed by atoms with E-state index < -0.39 is 0 Å². The van der Waals surface area contributed by atoms with Gasteiger partial charge >= 0.3 is 0 Å². The molecular formula is C11H18ClN3O2S. The van der Waals surface area contributed by atoms with Gasteiger partial charge in [0.2, 0.25) is 5.91 Å². The number of carbonyl (C=O) groups excluding carboxylic acids is 1. The van der Waals surface area contributed by atoms with Crippen molar-refractivity contribution in [1.29, 1.82) is 0 Å². The lowest BCUT2D eigenvalue weighted by molar-refractivity contribution is -0.120. The zero-order chi connectivity index (χ0) is 12.3. The number of hydrogen-bond donors (Lipinski definition) is 2. The third-order valence-corrected chi connectivity index (χ3v) is 3.62. The summed E-state index contributed by atoms with van der Waals surface area (Å²) in [5, 5.41) is 6.62. The number of anilines is 1. The first-order valence-corrected chi connectivity index (χ1v) is 6.60. The van der Waals surface area contributed by atoms with Gasteiger partial charge in [0.15, 0.2) is 5.13 Å². The normalized spacial score (nSPS) is 19.1. The van der Waals surface area contributed by atoms with E-state index in [0.29, 0.717) is 18.3 Å². The SMILES string of the molecule is CCc1nc(NC(=O)C2COCCN2)sc1C.Cl. The van der Waals surface area contributed by atoms with Crippen molar-refractivity contribution in [3.63, 3.8) is 0 Å². The summed E-state index contributed by atoms with van der Waals surface area (Å²) in [5.41, 5.74) is 1.05. The van der Waals surface area contributed by atoms with Gasteiger partial charge in [-0.05, 0) is 13.3 Å². The van der Waals surface area contributed by atoms with Crippen LogP contribution in [0, 0.1) is 6.92 Å². The summed E-state index contributed by atoms with van der Waals surface area (Å²) in [6, 6.07) is -0.266. The van der Waals surface area contributed by atoms with Crippen molar-refractivity contribution < 1.29 is 9.53 Å². The first-order valence-electron chi connectivity index (χ1n) is 5.79. The van der Waals surface area contributed by atoms with Gasteiger partial charge in [-0.1, -0.05) is 6.92 Å². The summed E-state index contributed by atoms with van der Waals surface area (Å²) in [4.78, 5) is 17.4. The molecule has 102 valence electrons. The predicted molar refractivity (Wildman–Crippen MR) is 74.7 cm³/mol. The van der Waals surface area contributed by atoms with Crippen molar-refractivity contribution in [3.8, 4) is 0 Å². The van der Waals surface area contributed by atoms with Gasteiger partial charge in [-0.3, -0.25) is 4.79 Å². The van der Waals surface area contributed by atoms with Crippen LogP contribution in [0.3, 0.4) is 0 Å². The zero-order valence-corrected chi connectivity index (χ0v) is 12.1. The maximum absolute atomic E-state index is 11.9. The van der Waals surface area contributed by atoms with Gasteiger partial charge in [-0.15, -0.1) is 23.7 Å². The average Bonchev–Trinajstić information content (AvgIpc) is 2.70. The van der Waals surface area contributed by atoms with Gasteiger partial charge in [0.05, 0.1) is 18.9 Å². The van der Waals surface area contributed by atoms with Crippen molar-refractivity contribution in [3.05, 3.63) is 10.6 Å². The van der Waals surface area contributed by atoms with Gasteiger partial charge in [-0.25, -0.2) is 4.98 Å². The Balaban J connectivity index is 0.00000162. The monoisotopic (exact) mass is 291 g/mol. The van der Waals surface area contributed by atoms with Crippen LogP contribution < -0.4 is 10.6 Å². The van der Waals surface area contributed by atoms with Crippen LogP contribution >= 0.6 is 23.7 Å². The van der Waals surface area contributed by atoms with E-state index in [1.165, 1.54) is 11.3 Å². The molecule has 2 heterocycles. The highest BCUT2D eigenvalue weighted by atomic mass is 35.5. The van der Waals surface area contributed by atoms with Gasteiger partial charge in [0.25, 0.3) is 0 Å². The maximum atomic E-state index is 11.9. The minimum Gasteiger partial charge on any atom is -0.378 e.